The van der Waals surface area contributed by atoms with Gasteiger partial charge in [-0.1, -0.05) is 0 Å². The number of rotatable bonds is 1. The lowest BCUT2D eigenvalue weighted by atomic mass is 9.90. The zero-order valence-corrected chi connectivity index (χ0v) is 10.2. The summed E-state index contributed by atoms with van der Waals surface area (Å²) < 4.78 is 18.9. The Bertz CT molecular complexity index is 449. The summed E-state index contributed by atoms with van der Waals surface area (Å²) in [7, 11) is 3.68. The van der Waals surface area contributed by atoms with Crippen molar-refractivity contribution in [2.75, 3.05) is 32.1 Å². The lowest BCUT2D eigenvalue weighted by Crippen LogP contribution is -2.42. The smallest absolute Gasteiger partial charge is 0.145 e. The van der Waals surface area contributed by atoms with Gasteiger partial charge in [0.05, 0.1) is 12.8 Å². The molecule has 0 bridgehead atoms. The van der Waals surface area contributed by atoms with E-state index in [1.165, 1.54) is 6.07 Å². The summed E-state index contributed by atoms with van der Waals surface area (Å²) in [6.45, 7) is 1.96. The summed E-state index contributed by atoms with van der Waals surface area (Å²) in [4.78, 5) is 2.25. The van der Waals surface area contributed by atoms with E-state index < -0.39 is 0 Å². The zero-order valence-electron chi connectivity index (χ0n) is 10.2. The Morgan fingerprint density at radius 1 is 1.47 bits per heavy atom. The molecule has 1 aromatic carbocycles. The lowest BCUT2D eigenvalue weighted by Gasteiger charge is -2.31. The number of likely N-dealkylation sites (N-methyl/N-ethyl adjacent to an activating group) is 1. The predicted octanol–water partition coefficient (Wildman–Crippen LogP) is 1.73. The third-order valence-electron chi connectivity index (χ3n) is 3.98. The van der Waals surface area contributed by atoms with Crippen LogP contribution in [-0.4, -0.2) is 33.3 Å². The van der Waals surface area contributed by atoms with Crippen molar-refractivity contribution in [2.45, 2.75) is 18.4 Å². The Balaban J connectivity index is 2.13. The van der Waals surface area contributed by atoms with Crippen molar-refractivity contribution in [3.63, 3.8) is 0 Å². The van der Waals surface area contributed by atoms with Crippen LogP contribution in [0.3, 0.4) is 0 Å². The van der Waals surface area contributed by atoms with Crippen molar-refractivity contribution < 1.29 is 9.13 Å². The first-order valence-electron chi connectivity index (χ1n) is 6.03. The van der Waals surface area contributed by atoms with Crippen LogP contribution in [0, 0.1) is 5.82 Å². The van der Waals surface area contributed by atoms with Crippen LogP contribution in [0.5, 0.6) is 5.75 Å². The van der Waals surface area contributed by atoms with E-state index in [0.717, 1.165) is 30.8 Å². The average molecular weight is 236 g/mol. The molecule has 4 heteroatoms. The number of piperidine rings is 1. The van der Waals surface area contributed by atoms with Crippen molar-refractivity contribution in [1.82, 2.24) is 5.32 Å². The number of fused-ring (bicyclic) bond motifs is 3. The fourth-order valence-corrected chi connectivity index (χ4v) is 3.20. The van der Waals surface area contributed by atoms with Crippen LogP contribution in [0.2, 0.25) is 0 Å². The Kier molecular flexibility index (Phi) is 2.47. The maximum absolute atomic E-state index is 13.6. The molecule has 92 valence electrons. The fourth-order valence-electron chi connectivity index (χ4n) is 3.20. The Morgan fingerprint density at radius 2 is 2.29 bits per heavy atom. The van der Waals surface area contributed by atoms with Gasteiger partial charge in [-0.05, 0) is 24.6 Å². The number of nitrogens with zero attached hydrogens (tertiary/aromatic N) is 1. The van der Waals surface area contributed by atoms with Gasteiger partial charge in [0.25, 0.3) is 0 Å². The molecule has 17 heavy (non-hydrogen) atoms. The first kappa shape index (κ1) is 10.8. The minimum atomic E-state index is -0.208. The van der Waals surface area contributed by atoms with Crippen LogP contribution < -0.4 is 15.0 Å². The number of ether oxygens (including phenoxy) is 1. The van der Waals surface area contributed by atoms with Crippen LogP contribution in [0.25, 0.3) is 0 Å². The normalized spacial score (nSPS) is 26.6. The van der Waals surface area contributed by atoms with Gasteiger partial charge < -0.3 is 15.0 Å². The number of hydrogen-bond acceptors (Lipinski definition) is 3. The quantitative estimate of drug-likeness (QED) is 0.803. The van der Waals surface area contributed by atoms with Gasteiger partial charge in [0.15, 0.2) is 0 Å². The third kappa shape index (κ3) is 1.51. The van der Waals surface area contributed by atoms with E-state index in [1.807, 2.05) is 0 Å². The maximum atomic E-state index is 13.6. The van der Waals surface area contributed by atoms with Gasteiger partial charge in [0.2, 0.25) is 0 Å². The van der Waals surface area contributed by atoms with Crippen molar-refractivity contribution >= 4 is 5.69 Å². The number of anilines is 1. The van der Waals surface area contributed by atoms with Crippen LogP contribution in [0.4, 0.5) is 10.1 Å². The molecule has 2 heterocycles. The summed E-state index contributed by atoms with van der Waals surface area (Å²) >= 11 is 0. The first-order chi connectivity index (χ1) is 8.22. The van der Waals surface area contributed by atoms with Crippen LogP contribution in [0.1, 0.15) is 17.9 Å². The average Bonchev–Trinajstić information content (AvgIpc) is 2.63. The minimum Gasteiger partial charge on any atom is -0.494 e. The molecule has 2 atom stereocenters. The molecule has 1 aromatic rings. The summed E-state index contributed by atoms with van der Waals surface area (Å²) in [5.74, 6) is 0.825. The number of benzene rings is 1. The highest BCUT2D eigenvalue weighted by atomic mass is 19.1. The van der Waals surface area contributed by atoms with Crippen molar-refractivity contribution in [3.05, 3.63) is 23.5 Å². The molecule has 0 aromatic heterocycles. The van der Waals surface area contributed by atoms with Crippen molar-refractivity contribution in [1.29, 1.82) is 0 Å². The Hall–Kier alpha value is -1.29. The van der Waals surface area contributed by atoms with Gasteiger partial charge in [0, 0.05) is 31.6 Å². The van der Waals surface area contributed by atoms with Gasteiger partial charge in [-0.15, -0.1) is 0 Å². The molecule has 2 aliphatic rings. The molecule has 1 N–H and O–H groups in total. The predicted molar refractivity (Wildman–Crippen MR) is 65.4 cm³/mol. The zero-order chi connectivity index (χ0) is 12.0. The van der Waals surface area contributed by atoms with Crippen LogP contribution in [-0.2, 0) is 0 Å². The number of halogens is 1. The van der Waals surface area contributed by atoms with Gasteiger partial charge in [0.1, 0.15) is 11.6 Å². The summed E-state index contributed by atoms with van der Waals surface area (Å²) in [5.41, 5.74) is 2.15. The molecule has 3 rings (SSSR count). The maximum Gasteiger partial charge on any atom is 0.145 e. The van der Waals surface area contributed by atoms with E-state index in [9.17, 15) is 4.39 Å². The Labute approximate surface area is 101 Å². The monoisotopic (exact) mass is 236 g/mol. The van der Waals surface area contributed by atoms with Gasteiger partial charge in [-0.3, -0.25) is 0 Å². The number of methoxy groups -OCH3 is 1. The molecule has 0 aliphatic carbocycles. The molecular weight excluding hydrogens is 219 g/mol. The van der Waals surface area contributed by atoms with E-state index in [0.29, 0.717) is 17.7 Å². The first-order valence-corrected chi connectivity index (χ1v) is 6.03. The van der Waals surface area contributed by atoms with Crippen molar-refractivity contribution in [2.24, 2.45) is 0 Å². The highest BCUT2D eigenvalue weighted by Crippen LogP contribution is 2.47. The lowest BCUT2D eigenvalue weighted by molar-refractivity contribution is 0.406. The number of nitrogens with one attached hydrogen (secondary N) is 1. The van der Waals surface area contributed by atoms with Crippen LogP contribution in [0.15, 0.2) is 12.1 Å². The highest BCUT2D eigenvalue weighted by Gasteiger charge is 2.40. The summed E-state index contributed by atoms with van der Waals surface area (Å²) in [6, 6.07) is 3.61. The minimum absolute atomic E-state index is 0.208. The Morgan fingerprint density at radius 3 is 3.06 bits per heavy atom. The molecule has 3 nitrogen and oxygen atoms in total. The topological polar surface area (TPSA) is 24.5 Å². The van der Waals surface area contributed by atoms with Gasteiger partial charge >= 0.3 is 0 Å². The summed E-state index contributed by atoms with van der Waals surface area (Å²) in [5, 5.41) is 3.38. The fraction of sp³-hybridized carbons (Fsp3) is 0.538. The molecule has 0 amide bonds. The van der Waals surface area contributed by atoms with E-state index in [4.69, 9.17) is 4.74 Å². The highest BCUT2D eigenvalue weighted by molar-refractivity contribution is 5.70. The van der Waals surface area contributed by atoms with E-state index in [1.54, 1.807) is 13.2 Å². The van der Waals surface area contributed by atoms with Crippen molar-refractivity contribution in [3.8, 4) is 5.75 Å². The van der Waals surface area contributed by atoms with E-state index >= 15 is 0 Å². The molecule has 0 radical (unpaired) electrons. The van der Waals surface area contributed by atoms with E-state index in [2.05, 4.69) is 17.3 Å². The molecule has 1 fully saturated rings. The number of hydrogen-bond donors (Lipinski definition) is 1. The third-order valence-corrected chi connectivity index (χ3v) is 3.98. The molecule has 0 saturated carbocycles. The van der Waals surface area contributed by atoms with E-state index in [-0.39, 0.29) is 5.82 Å². The molecular formula is C13H17FN2O. The SMILES string of the molecule is COc1cc(F)cc2c1N(C)C1CCNCC21. The van der Waals surface area contributed by atoms with Gasteiger partial charge in [-0.2, -0.15) is 0 Å². The largest absolute Gasteiger partial charge is 0.494 e. The molecule has 0 spiro atoms. The second kappa shape index (κ2) is 3.88. The second-order valence-electron chi connectivity index (χ2n) is 4.82. The summed E-state index contributed by atoms with van der Waals surface area (Å²) in [6.07, 6.45) is 1.10. The molecule has 2 unspecified atom stereocenters. The second-order valence-corrected chi connectivity index (χ2v) is 4.82. The van der Waals surface area contributed by atoms with Crippen LogP contribution >= 0.6 is 0 Å². The molecule has 2 aliphatic heterocycles. The van der Waals surface area contributed by atoms with Gasteiger partial charge in [-0.25, -0.2) is 4.39 Å². The molecule has 1 saturated heterocycles. The standard InChI is InChI=1S/C13H17FN2O/c1-16-11-3-4-15-7-10(11)9-5-8(14)6-12(17-2)13(9)16/h5-6,10-11,15H,3-4,7H2,1-2H3.